The van der Waals surface area contributed by atoms with Gasteiger partial charge in [-0.05, 0) is 38.1 Å². The minimum absolute atomic E-state index is 0.491. The minimum Gasteiger partial charge on any atom is -0.381 e. The van der Waals surface area contributed by atoms with E-state index >= 15 is 0 Å². The van der Waals surface area contributed by atoms with Crippen molar-refractivity contribution in [3.05, 3.63) is 16.6 Å². The van der Waals surface area contributed by atoms with E-state index in [-0.39, 0.29) is 0 Å². The molecule has 1 atom stereocenters. The smallest absolute Gasteiger partial charge is 0.0794 e. The van der Waals surface area contributed by atoms with Gasteiger partial charge in [0.2, 0.25) is 0 Å². The van der Waals surface area contributed by atoms with Gasteiger partial charge in [0.25, 0.3) is 0 Å². The molecule has 2 heterocycles. The van der Waals surface area contributed by atoms with Crippen LogP contribution in [0.15, 0.2) is 11.7 Å². The van der Waals surface area contributed by atoms with Gasteiger partial charge in [0.1, 0.15) is 0 Å². The molecule has 0 radical (unpaired) electrons. The lowest BCUT2D eigenvalue weighted by atomic mass is 9.92. The van der Waals surface area contributed by atoms with Gasteiger partial charge in [0.05, 0.1) is 5.51 Å². The second-order valence-electron chi connectivity index (χ2n) is 4.70. The highest BCUT2D eigenvalue weighted by atomic mass is 32.1. The van der Waals surface area contributed by atoms with Crippen molar-refractivity contribution in [3.8, 4) is 0 Å². The van der Waals surface area contributed by atoms with Crippen LogP contribution in [0.1, 0.15) is 43.5 Å². The number of hydrogen-bond donors (Lipinski definition) is 1. The zero-order valence-corrected chi connectivity index (χ0v) is 11.3. The van der Waals surface area contributed by atoms with E-state index in [1.807, 2.05) is 11.7 Å². The first-order valence-electron chi connectivity index (χ1n) is 6.59. The molecule has 0 bridgehead atoms. The molecule has 1 saturated heterocycles. The third kappa shape index (κ3) is 4.05. The predicted molar refractivity (Wildman–Crippen MR) is 71.3 cm³/mol. The summed E-state index contributed by atoms with van der Waals surface area (Å²) < 4.78 is 5.42. The summed E-state index contributed by atoms with van der Waals surface area (Å²) in [4.78, 5) is 5.58. The van der Waals surface area contributed by atoms with Crippen molar-refractivity contribution >= 4 is 11.3 Å². The Bertz CT molecular complexity index is 296. The van der Waals surface area contributed by atoms with E-state index in [4.69, 9.17) is 4.74 Å². The molecular formula is C13H22N2OS. The van der Waals surface area contributed by atoms with Crippen molar-refractivity contribution in [1.82, 2.24) is 10.3 Å². The standard InChI is InChI=1S/C13H22N2OS/c1-2-5-15-12(13-9-14-10-17-13)8-11-3-6-16-7-4-11/h9-12,15H,2-8H2,1H3. The topological polar surface area (TPSA) is 34.1 Å². The Labute approximate surface area is 108 Å². The highest BCUT2D eigenvalue weighted by Crippen LogP contribution is 2.29. The molecule has 1 N–H and O–H groups in total. The van der Waals surface area contributed by atoms with Crippen molar-refractivity contribution in [2.24, 2.45) is 5.92 Å². The summed E-state index contributed by atoms with van der Waals surface area (Å²) in [6.45, 7) is 5.18. The molecule has 0 aliphatic carbocycles. The molecule has 0 spiro atoms. The summed E-state index contributed by atoms with van der Waals surface area (Å²) in [5, 5.41) is 3.65. The van der Waals surface area contributed by atoms with Gasteiger partial charge in [-0.25, -0.2) is 0 Å². The van der Waals surface area contributed by atoms with Crippen LogP contribution in [0.3, 0.4) is 0 Å². The van der Waals surface area contributed by atoms with E-state index in [2.05, 4.69) is 17.2 Å². The van der Waals surface area contributed by atoms with Gasteiger partial charge in [-0.15, -0.1) is 11.3 Å². The first-order valence-corrected chi connectivity index (χ1v) is 7.47. The number of hydrogen-bond acceptors (Lipinski definition) is 4. The van der Waals surface area contributed by atoms with Gasteiger partial charge in [0, 0.05) is 30.3 Å². The number of nitrogens with one attached hydrogen (secondary N) is 1. The Kier molecular flexibility index (Phi) is 5.42. The summed E-state index contributed by atoms with van der Waals surface area (Å²) in [6.07, 6.45) is 6.85. The summed E-state index contributed by atoms with van der Waals surface area (Å²) in [6, 6.07) is 0.491. The molecule has 17 heavy (non-hydrogen) atoms. The number of aromatic nitrogens is 1. The molecule has 0 amide bonds. The third-order valence-corrected chi connectivity index (χ3v) is 4.23. The molecule has 0 aromatic carbocycles. The lowest BCUT2D eigenvalue weighted by Crippen LogP contribution is -2.26. The van der Waals surface area contributed by atoms with Crippen LogP contribution < -0.4 is 5.32 Å². The molecule has 4 heteroatoms. The van der Waals surface area contributed by atoms with Crippen molar-refractivity contribution < 1.29 is 4.74 Å². The van der Waals surface area contributed by atoms with Crippen LogP contribution in [-0.2, 0) is 4.74 Å². The lowest BCUT2D eigenvalue weighted by Gasteiger charge is -2.26. The Morgan fingerprint density at radius 3 is 3.00 bits per heavy atom. The number of thiazole rings is 1. The second kappa shape index (κ2) is 7.09. The number of rotatable bonds is 6. The fourth-order valence-corrected chi connectivity index (χ4v) is 3.04. The Morgan fingerprint density at radius 2 is 2.35 bits per heavy atom. The largest absolute Gasteiger partial charge is 0.381 e. The number of nitrogens with zero attached hydrogens (tertiary/aromatic N) is 1. The first kappa shape index (κ1) is 13.0. The zero-order valence-electron chi connectivity index (χ0n) is 10.5. The molecule has 1 aromatic heterocycles. The van der Waals surface area contributed by atoms with Crippen LogP contribution in [0, 0.1) is 5.92 Å². The van der Waals surface area contributed by atoms with Crippen LogP contribution in [-0.4, -0.2) is 24.7 Å². The fourth-order valence-electron chi connectivity index (χ4n) is 2.33. The third-order valence-electron chi connectivity index (χ3n) is 3.35. The fraction of sp³-hybridized carbons (Fsp3) is 0.769. The van der Waals surface area contributed by atoms with Crippen LogP contribution in [0.5, 0.6) is 0 Å². The summed E-state index contributed by atoms with van der Waals surface area (Å²) in [5.74, 6) is 0.806. The molecule has 1 fully saturated rings. The molecule has 1 unspecified atom stereocenters. The van der Waals surface area contributed by atoms with E-state index in [0.29, 0.717) is 6.04 Å². The second-order valence-corrected chi connectivity index (χ2v) is 5.62. The van der Waals surface area contributed by atoms with Gasteiger partial charge in [-0.2, -0.15) is 0 Å². The van der Waals surface area contributed by atoms with Gasteiger partial charge in [0.15, 0.2) is 0 Å². The number of ether oxygens (including phenoxy) is 1. The highest BCUT2D eigenvalue weighted by molar-refractivity contribution is 7.09. The van der Waals surface area contributed by atoms with Crippen molar-refractivity contribution in [1.29, 1.82) is 0 Å². The monoisotopic (exact) mass is 254 g/mol. The molecule has 1 aliphatic heterocycles. The van der Waals surface area contributed by atoms with Gasteiger partial charge >= 0.3 is 0 Å². The van der Waals surface area contributed by atoms with Gasteiger partial charge in [-0.1, -0.05) is 6.92 Å². The summed E-state index contributed by atoms with van der Waals surface area (Å²) >= 11 is 1.77. The van der Waals surface area contributed by atoms with E-state index < -0.39 is 0 Å². The predicted octanol–water partition coefficient (Wildman–Crippen LogP) is 3.00. The van der Waals surface area contributed by atoms with E-state index in [0.717, 1.165) is 25.7 Å². The van der Waals surface area contributed by atoms with Crippen LogP contribution in [0.4, 0.5) is 0 Å². The molecular weight excluding hydrogens is 232 g/mol. The van der Waals surface area contributed by atoms with Crippen molar-refractivity contribution in [3.63, 3.8) is 0 Å². The highest BCUT2D eigenvalue weighted by Gasteiger charge is 2.20. The Morgan fingerprint density at radius 1 is 1.53 bits per heavy atom. The van der Waals surface area contributed by atoms with Crippen molar-refractivity contribution in [2.75, 3.05) is 19.8 Å². The molecule has 96 valence electrons. The van der Waals surface area contributed by atoms with Gasteiger partial charge in [-0.3, -0.25) is 4.98 Å². The Balaban J connectivity index is 1.90. The molecule has 1 aromatic rings. The van der Waals surface area contributed by atoms with E-state index in [9.17, 15) is 0 Å². The molecule has 2 rings (SSSR count). The van der Waals surface area contributed by atoms with Crippen molar-refractivity contribution in [2.45, 2.75) is 38.6 Å². The molecule has 1 aliphatic rings. The normalized spacial score (nSPS) is 19.4. The average Bonchev–Trinajstić information content (AvgIpc) is 2.89. The zero-order chi connectivity index (χ0) is 11.9. The SMILES string of the molecule is CCCNC(CC1CCOCC1)c1cncs1. The van der Waals surface area contributed by atoms with Gasteiger partial charge < -0.3 is 10.1 Å². The Hall–Kier alpha value is -0.450. The lowest BCUT2D eigenvalue weighted by molar-refractivity contribution is 0.0606. The van der Waals surface area contributed by atoms with Crippen LogP contribution >= 0.6 is 11.3 Å². The van der Waals surface area contributed by atoms with E-state index in [1.54, 1.807) is 11.3 Å². The molecule has 0 saturated carbocycles. The van der Waals surface area contributed by atoms with E-state index in [1.165, 1.54) is 30.6 Å². The maximum Gasteiger partial charge on any atom is 0.0794 e. The average molecular weight is 254 g/mol. The van der Waals surface area contributed by atoms with Crippen LogP contribution in [0.25, 0.3) is 0 Å². The summed E-state index contributed by atoms with van der Waals surface area (Å²) in [5.41, 5.74) is 1.93. The first-order chi connectivity index (χ1) is 8.40. The summed E-state index contributed by atoms with van der Waals surface area (Å²) in [7, 11) is 0. The minimum atomic E-state index is 0.491. The maximum atomic E-state index is 5.42. The maximum absolute atomic E-state index is 5.42. The van der Waals surface area contributed by atoms with Crippen LogP contribution in [0.2, 0.25) is 0 Å². The quantitative estimate of drug-likeness (QED) is 0.847. The molecule has 3 nitrogen and oxygen atoms in total.